The molecular weight excluding hydrogens is 256 g/mol. The fourth-order valence-corrected chi connectivity index (χ4v) is 2.19. The molecule has 0 saturated heterocycles. The smallest absolute Gasteiger partial charge is 0.277 e. The van der Waals surface area contributed by atoms with Crippen LogP contribution < -0.4 is 5.56 Å². The number of hydrogen-bond acceptors (Lipinski definition) is 5. The van der Waals surface area contributed by atoms with Crippen molar-refractivity contribution in [2.45, 2.75) is 19.8 Å². The van der Waals surface area contributed by atoms with E-state index >= 15 is 0 Å². The van der Waals surface area contributed by atoms with Gasteiger partial charge in [-0.25, -0.2) is 9.97 Å². The summed E-state index contributed by atoms with van der Waals surface area (Å²) in [6.45, 7) is 2.07. The van der Waals surface area contributed by atoms with Crippen LogP contribution in [0.2, 0.25) is 0 Å². The van der Waals surface area contributed by atoms with Crippen LogP contribution in [-0.2, 0) is 13.5 Å². The Hall–Kier alpha value is -2.57. The van der Waals surface area contributed by atoms with Crippen molar-refractivity contribution in [3.63, 3.8) is 0 Å². The maximum absolute atomic E-state index is 12.2. The number of nitrogens with one attached hydrogen (secondary N) is 1. The molecule has 0 atom stereocenters. The van der Waals surface area contributed by atoms with E-state index in [0.29, 0.717) is 22.6 Å². The van der Waals surface area contributed by atoms with Gasteiger partial charge in [-0.1, -0.05) is 13.3 Å². The second-order valence-electron chi connectivity index (χ2n) is 4.52. The van der Waals surface area contributed by atoms with Crippen LogP contribution in [0.25, 0.3) is 22.6 Å². The average molecular weight is 270 g/mol. The summed E-state index contributed by atoms with van der Waals surface area (Å²) >= 11 is 0. The van der Waals surface area contributed by atoms with Gasteiger partial charge < -0.3 is 4.98 Å². The molecule has 0 aromatic carbocycles. The normalized spacial score (nSPS) is 11.1. The first-order valence-electron chi connectivity index (χ1n) is 6.43. The first-order valence-corrected chi connectivity index (χ1v) is 6.43. The van der Waals surface area contributed by atoms with E-state index in [0.717, 1.165) is 18.5 Å². The summed E-state index contributed by atoms with van der Waals surface area (Å²) < 4.78 is 1.58. The van der Waals surface area contributed by atoms with Gasteiger partial charge in [0.15, 0.2) is 11.3 Å². The number of aryl methyl sites for hydroxylation is 2. The van der Waals surface area contributed by atoms with E-state index in [4.69, 9.17) is 0 Å². The zero-order chi connectivity index (χ0) is 14.1. The molecule has 7 heteroatoms. The van der Waals surface area contributed by atoms with Gasteiger partial charge in [-0.05, 0) is 6.42 Å². The Kier molecular flexibility index (Phi) is 3.02. The lowest BCUT2D eigenvalue weighted by Gasteiger charge is -2.00. The van der Waals surface area contributed by atoms with Gasteiger partial charge in [0.05, 0.1) is 11.9 Å². The molecule has 0 amide bonds. The van der Waals surface area contributed by atoms with Crippen LogP contribution in [-0.4, -0.2) is 29.7 Å². The molecule has 20 heavy (non-hydrogen) atoms. The maximum atomic E-state index is 12.2. The lowest BCUT2D eigenvalue weighted by molar-refractivity contribution is 0.751. The highest BCUT2D eigenvalue weighted by Gasteiger charge is 2.15. The van der Waals surface area contributed by atoms with Crippen molar-refractivity contribution in [2.75, 3.05) is 0 Å². The van der Waals surface area contributed by atoms with Gasteiger partial charge in [-0.3, -0.25) is 14.5 Å². The second-order valence-corrected chi connectivity index (χ2v) is 4.52. The van der Waals surface area contributed by atoms with E-state index in [-0.39, 0.29) is 5.56 Å². The molecule has 0 aliphatic rings. The van der Waals surface area contributed by atoms with Crippen molar-refractivity contribution in [1.82, 2.24) is 29.7 Å². The fraction of sp³-hybridized carbons (Fsp3) is 0.308. The van der Waals surface area contributed by atoms with Gasteiger partial charge >= 0.3 is 0 Å². The van der Waals surface area contributed by atoms with Gasteiger partial charge in [-0.2, -0.15) is 5.10 Å². The van der Waals surface area contributed by atoms with Gasteiger partial charge in [0.1, 0.15) is 11.2 Å². The number of aromatic amines is 1. The monoisotopic (exact) mass is 270 g/mol. The predicted octanol–water partition coefficient (Wildman–Crippen LogP) is 1.07. The highest BCUT2D eigenvalue weighted by atomic mass is 16.1. The van der Waals surface area contributed by atoms with Crippen LogP contribution in [0.15, 0.2) is 23.4 Å². The Labute approximate surface area is 114 Å². The number of rotatable bonds is 3. The molecule has 0 aliphatic heterocycles. The molecular formula is C13H14N6O. The van der Waals surface area contributed by atoms with Gasteiger partial charge in [0, 0.05) is 19.4 Å². The van der Waals surface area contributed by atoms with Crippen LogP contribution in [0.4, 0.5) is 0 Å². The molecule has 0 saturated carbocycles. The summed E-state index contributed by atoms with van der Waals surface area (Å²) in [7, 11) is 1.75. The summed E-state index contributed by atoms with van der Waals surface area (Å²) in [6, 6.07) is 0. The number of fused-ring (bicyclic) bond motifs is 1. The Morgan fingerprint density at radius 2 is 2.20 bits per heavy atom. The molecule has 0 bridgehead atoms. The largest absolute Gasteiger partial charge is 0.303 e. The first kappa shape index (κ1) is 12.5. The third-order valence-electron chi connectivity index (χ3n) is 3.06. The molecule has 3 aromatic rings. The molecule has 7 nitrogen and oxygen atoms in total. The van der Waals surface area contributed by atoms with Crippen molar-refractivity contribution in [2.24, 2.45) is 7.05 Å². The Morgan fingerprint density at radius 1 is 1.35 bits per heavy atom. The van der Waals surface area contributed by atoms with Crippen molar-refractivity contribution >= 4 is 11.0 Å². The van der Waals surface area contributed by atoms with E-state index < -0.39 is 0 Å². The Morgan fingerprint density at radius 3 is 2.90 bits per heavy atom. The number of nitrogens with zero attached hydrogens (tertiary/aromatic N) is 5. The molecule has 0 aliphatic carbocycles. The summed E-state index contributed by atoms with van der Waals surface area (Å²) in [5.41, 5.74) is 2.28. The van der Waals surface area contributed by atoms with Crippen LogP contribution in [0, 0.1) is 0 Å². The molecule has 102 valence electrons. The van der Waals surface area contributed by atoms with Crippen LogP contribution >= 0.6 is 0 Å². The highest BCUT2D eigenvalue weighted by molar-refractivity contribution is 5.78. The number of hydrogen-bond donors (Lipinski definition) is 1. The third kappa shape index (κ3) is 1.97. The standard InChI is InChI=1S/C13H14N6O/c1-3-4-8-10-11(19(2)18-8)13(20)17-12(16-10)9-7-14-5-6-15-9/h5-7H,3-4H2,1-2H3,(H,16,17,20). The molecule has 3 aromatic heterocycles. The van der Waals surface area contributed by atoms with Crippen LogP contribution in [0.3, 0.4) is 0 Å². The molecule has 0 fully saturated rings. The predicted molar refractivity (Wildman–Crippen MR) is 74.2 cm³/mol. The lowest BCUT2D eigenvalue weighted by Crippen LogP contribution is -2.12. The van der Waals surface area contributed by atoms with Gasteiger partial charge in [0.25, 0.3) is 5.56 Å². The first-order chi connectivity index (χ1) is 9.70. The van der Waals surface area contributed by atoms with Crippen molar-refractivity contribution in [3.8, 4) is 11.5 Å². The second kappa shape index (κ2) is 4.84. The minimum atomic E-state index is -0.215. The van der Waals surface area contributed by atoms with E-state index in [2.05, 4.69) is 32.0 Å². The minimum absolute atomic E-state index is 0.215. The van der Waals surface area contributed by atoms with E-state index in [1.165, 1.54) is 0 Å². The Bertz CT molecular complexity index is 805. The molecule has 0 spiro atoms. The van der Waals surface area contributed by atoms with Crippen LogP contribution in [0.1, 0.15) is 19.0 Å². The molecule has 3 heterocycles. The molecule has 3 rings (SSSR count). The maximum Gasteiger partial charge on any atom is 0.277 e. The summed E-state index contributed by atoms with van der Waals surface area (Å²) in [5, 5.41) is 4.37. The lowest BCUT2D eigenvalue weighted by atomic mass is 10.2. The number of aromatic nitrogens is 6. The molecule has 0 radical (unpaired) electrons. The van der Waals surface area contributed by atoms with Crippen LogP contribution in [0.5, 0.6) is 0 Å². The summed E-state index contributed by atoms with van der Waals surface area (Å²) in [4.78, 5) is 27.6. The fourth-order valence-electron chi connectivity index (χ4n) is 2.19. The number of H-pyrrole nitrogens is 1. The van der Waals surface area contributed by atoms with Crippen molar-refractivity contribution in [3.05, 3.63) is 34.6 Å². The summed E-state index contributed by atoms with van der Waals surface area (Å²) in [5.74, 6) is 0.418. The average Bonchev–Trinajstić information content (AvgIpc) is 2.77. The summed E-state index contributed by atoms with van der Waals surface area (Å²) in [6.07, 6.45) is 6.44. The van der Waals surface area contributed by atoms with E-state index in [1.807, 2.05) is 0 Å². The Balaban J connectivity index is 2.27. The molecule has 0 unspecified atom stereocenters. The zero-order valence-electron chi connectivity index (χ0n) is 11.3. The quantitative estimate of drug-likeness (QED) is 0.768. The van der Waals surface area contributed by atoms with Gasteiger partial charge in [0.2, 0.25) is 0 Å². The zero-order valence-corrected chi connectivity index (χ0v) is 11.3. The SMILES string of the molecule is CCCc1nn(C)c2c(=O)[nH]c(-c3cnccn3)nc12. The third-order valence-corrected chi connectivity index (χ3v) is 3.06. The van der Waals surface area contributed by atoms with E-state index in [9.17, 15) is 4.79 Å². The van der Waals surface area contributed by atoms with Crippen molar-refractivity contribution < 1.29 is 0 Å². The molecule has 1 N–H and O–H groups in total. The van der Waals surface area contributed by atoms with Gasteiger partial charge in [-0.15, -0.1) is 0 Å². The highest BCUT2D eigenvalue weighted by Crippen LogP contribution is 2.17. The van der Waals surface area contributed by atoms with Crippen molar-refractivity contribution in [1.29, 1.82) is 0 Å². The minimum Gasteiger partial charge on any atom is -0.303 e. The topological polar surface area (TPSA) is 89.4 Å². The van der Waals surface area contributed by atoms with E-state index in [1.54, 1.807) is 30.3 Å².